The predicted octanol–water partition coefficient (Wildman–Crippen LogP) is 4.66. The zero-order chi connectivity index (χ0) is 14.6. The van der Waals surface area contributed by atoms with Crippen molar-refractivity contribution in [3.63, 3.8) is 0 Å². The minimum absolute atomic E-state index is 0.387. The molecule has 1 aromatic rings. The lowest BCUT2D eigenvalue weighted by Gasteiger charge is -2.21. The second-order valence-corrected chi connectivity index (χ2v) is 6.18. The highest BCUT2D eigenvalue weighted by Crippen LogP contribution is 2.27. The number of benzene rings is 1. The van der Waals surface area contributed by atoms with Crippen LogP contribution in [0.5, 0.6) is 5.75 Å². The summed E-state index contributed by atoms with van der Waals surface area (Å²) >= 11 is 2.05. The molecule has 20 heavy (non-hydrogen) atoms. The number of nitrogens with one attached hydrogen (secondary N) is 1. The van der Waals surface area contributed by atoms with Gasteiger partial charge in [-0.05, 0) is 31.2 Å². The van der Waals surface area contributed by atoms with Crippen molar-refractivity contribution in [1.82, 2.24) is 5.32 Å². The number of para-hydroxylation sites is 1. The van der Waals surface area contributed by atoms with Gasteiger partial charge in [-0.3, -0.25) is 0 Å². The van der Waals surface area contributed by atoms with Gasteiger partial charge in [0.1, 0.15) is 5.75 Å². The first-order chi connectivity index (χ1) is 9.83. The van der Waals surface area contributed by atoms with E-state index >= 15 is 0 Å². The standard InChI is InChI=1S/C17H29NOS/c1-4-6-9-13-20-14-16(18-12-5-2)15-10-7-8-11-17(15)19-3/h7-8,10-11,16,18H,4-6,9,12-14H2,1-3H3. The quantitative estimate of drug-likeness (QED) is 0.600. The van der Waals surface area contributed by atoms with Gasteiger partial charge in [0.05, 0.1) is 7.11 Å². The molecule has 0 aliphatic carbocycles. The van der Waals surface area contributed by atoms with Gasteiger partial charge in [-0.15, -0.1) is 0 Å². The molecule has 0 aliphatic heterocycles. The fourth-order valence-corrected chi connectivity index (χ4v) is 3.29. The van der Waals surface area contributed by atoms with Crippen LogP contribution in [0.1, 0.15) is 51.1 Å². The van der Waals surface area contributed by atoms with Gasteiger partial charge in [0.2, 0.25) is 0 Å². The zero-order valence-corrected chi connectivity index (χ0v) is 14.0. The van der Waals surface area contributed by atoms with Crippen LogP contribution >= 0.6 is 11.8 Å². The van der Waals surface area contributed by atoms with E-state index < -0.39 is 0 Å². The van der Waals surface area contributed by atoms with Crippen molar-refractivity contribution in [3.8, 4) is 5.75 Å². The molecule has 0 saturated carbocycles. The van der Waals surface area contributed by atoms with Crippen LogP contribution in [0.3, 0.4) is 0 Å². The van der Waals surface area contributed by atoms with Gasteiger partial charge in [-0.25, -0.2) is 0 Å². The summed E-state index contributed by atoms with van der Waals surface area (Å²) in [6.07, 6.45) is 5.12. The van der Waals surface area contributed by atoms with Gasteiger partial charge in [-0.2, -0.15) is 11.8 Å². The Morgan fingerprint density at radius 1 is 1.15 bits per heavy atom. The number of hydrogen-bond donors (Lipinski definition) is 1. The Kier molecular flexibility index (Phi) is 9.60. The Morgan fingerprint density at radius 2 is 1.95 bits per heavy atom. The maximum atomic E-state index is 5.50. The van der Waals surface area contributed by atoms with Crippen LogP contribution in [0, 0.1) is 0 Å². The third-order valence-corrected chi connectivity index (χ3v) is 4.48. The number of ether oxygens (including phenoxy) is 1. The fraction of sp³-hybridized carbons (Fsp3) is 0.647. The molecular weight excluding hydrogens is 266 g/mol. The normalized spacial score (nSPS) is 12.3. The minimum Gasteiger partial charge on any atom is -0.496 e. The highest BCUT2D eigenvalue weighted by atomic mass is 32.2. The van der Waals surface area contributed by atoms with E-state index in [0.29, 0.717) is 6.04 Å². The molecule has 3 heteroatoms. The first kappa shape index (κ1) is 17.4. The summed E-state index contributed by atoms with van der Waals surface area (Å²) in [5.41, 5.74) is 1.28. The van der Waals surface area contributed by atoms with Crippen molar-refractivity contribution in [2.45, 2.75) is 45.6 Å². The maximum absolute atomic E-state index is 5.50. The van der Waals surface area contributed by atoms with Crippen LogP contribution in [-0.4, -0.2) is 25.2 Å². The SMILES string of the molecule is CCCCCSCC(NCCC)c1ccccc1OC. The van der Waals surface area contributed by atoms with Gasteiger partial charge in [-0.1, -0.05) is 44.9 Å². The molecule has 0 heterocycles. The number of hydrogen-bond acceptors (Lipinski definition) is 3. The Labute approximate surface area is 128 Å². The summed E-state index contributed by atoms with van der Waals surface area (Å²) in [7, 11) is 1.75. The lowest BCUT2D eigenvalue weighted by Crippen LogP contribution is -2.24. The summed E-state index contributed by atoms with van der Waals surface area (Å²) in [5, 5.41) is 3.65. The lowest BCUT2D eigenvalue weighted by molar-refractivity contribution is 0.402. The molecule has 0 spiro atoms. The minimum atomic E-state index is 0.387. The molecule has 0 aliphatic rings. The second-order valence-electron chi connectivity index (χ2n) is 5.03. The zero-order valence-electron chi connectivity index (χ0n) is 13.2. The molecule has 0 fully saturated rings. The molecule has 114 valence electrons. The van der Waals surface area contributed by atoms with Crippen LogP contribution in [0.4, 0.5) is 0 Å². The molecule has 1 N–H and O–H groups in total. The molecule has 0 bridgehead atoms. The first-order valence-electron chi connectivity index (χ1n) is 7.77. The Bertz CT molecular complexity index is 357. The molecule has 0 aromatic heterocycles. The van der Waals surface area contributed by atoms with Gasteiger partial charge in [0.25, 0.3) is 0 Å². The lowest BCUT2D eigenvalue weighted by atomic mass is 10.1. The van der Waals surface area contributed by atoms with E-state index in [0.717, 1.165) is 24.5 Å². The van der Waals surface area contributed by atoms with Crippen molar-refractivity contribution in [3.05, 3.63) is 29.8 Å². The molecule has 0 radical (unpaired) electrons. The summed E-state index contributed by atoms with van der Waals surface area (Å²) in [5.74, 6) is 3.37. The number of methoxy groups -OCH3 is 1. The average Bonchev–Trinajstić information content (AvgIpc) is 2.50. The Balaban J connectivity index is 2.58. The predicted molar refractivity (Wildman–Crippen MR) is 90.9 cm³/mol. The summed E-state index contributed by atoms with van der Waals surface area (Å²) in [6.45, 7) is 5.52. The van der Waals surface area contributed by atoms with Crippen LogP contribution in [0.2, 0.25) is 0 Å². The van der Waals surface area contributed by atoms with Gasteiger partial charge in [0, 0.05) is 17.4 Å². The molecule has 0 saturated heterocycles. The van der Waals surface area contributed by atoms with Crippen molar-refractivity contribution in [2.24, 2.45) is 0 Å². The fourth-order valence-electron chi connectivity index (χ4n) is 2.19. The number of thioether (sulfide) groups is 1. The third kappa shape index (κ3) is 6.19. The van der Waals surface area contributed by atoms with Crippen molar-refractivity contribution >= 4 is 11.8 Å². The number of rotatable bonds is 11. The summed E-state index contributed by atoms with van der Waals surface area (Å²) in [4.78, 5) is 0. The molecule has 0 amide bonds. The van der Waals surface area contributed by atoms with Crippen molar-refractivity contribution in [1.29, 1.82) is 0 Å². The van der Waals surface area contributed by atoms with Crippen molar-refractivity contribution in [2.75, 3.05) is 25.2 Å². The van der Waals surface area contributed by atoms with E-state index in [4.69, 9.17) is 4.74 Å². The van der Waals surface area contributed by atoms with E-state index in [1.54, 1.807) is 7.11 Å². The summed E-state index contributed by atoms with van der Waals surface area (Å²) < 4.78 is 5.50. The molecule has 1 rings (SSSR count). The largest absolute Gasteiger partial charge is 0.496 e. The van der Waals surface area contributed by atoms with Crippen LogP contribution in [-0.2, 0) is 0 Å². The third-order valence-electron chi connectivity index (χ3n) is 3.33. The molecule has 1 atom stereocenters. The first-order valence-corrected chi connectivity index (χ1v) is 8.93. The number of unbranched alkanes of at least 4 members (excludes halogenated alkanes) is 2. The maximum Gasteiger partial charge on any atom is 0.123 e. The van der Waals surface area contributed by atoms with E-state index in [9.17, 15) is 0 Å². The average molecular weight is 295 g/mol. The Hall–Kier alpha value is -0.670. The second kappa shape index (κ2) is 11.0. The Morgan fingerprint density at radius 3 is 2.65 bits per heavy atom. The van der Waals surface area contributed by atoms with Crippen molar-refractivity contribution < 1.29 is 4.74 Å². The van der Waals surface area contributed by atoms with Crippen LogP contribution in [0.15, 0.2) is 24.3 Å². The highest BCUT2D eigenvalue weighted by Gasteiger charge is 2.14. The molecule has 1 unspecified atom stereocenters. The van der Waals surface area contributed by atoms with Crippen LogP contribution in [0.25, 0.3) is 0 Å². The van der Waals surface area contributed by atoms with E-state index in [1.165, 1.54) is 30.6 Å². The monoisotopic (exact) mass is 295 g/mol. The van der Waals surface area contributed by atoms with E-state index in [-0.39, 0.29) is 0 Å². The molecular formula is C17H29NOS. The highest BCUT2D eigenvalue weighted by molar-refractivity contribution is 7.99. The molecule has 2 nitrogen and oxygen atoms in total. The molecule has 1 aromatic carbocycles. The topological polar surface area (TPSA) is 21.3 Å². The van der Waals surface area contributed by atoms with Crippen LogP contribution < -0.4 is 10.1 Å². The van der Waals surface area contributed by atoms with E-state index in [1.807, 2.05) is 17.8 Å². The summed E-state index contributed by atoms with van der Waals surface area (Å²) in [6, 6.07) is 8.75. The van der Waals surface area contributed by atoms with Gasteiger partial charge >= 0.3 is 0 Å². The van der Waals surface area contributed by atoms with E-state index in [2.05, 4.69) is 37.4 Å². The van der Waals surface area contributed by atoms with Gasteiger partial charge in [0.15, 0.2) is 0 Å². The smallest absolute Gasteiger partial charge is 0.123 e. The van der Waals surface area contributed by atoms with Gasteiger partial charge < -0.3 is 10.1 Å².